The molecular formula is C18H17NO3. The summed E-state index contributed by atoms with van der Waals surface area (Å²) >= 11 is 0. The van der Waals surface area contributed by atoms with E-state index < -0.39 is 12.0 Å². The van der Waals surface area contributed by atoms with E-state index in [0.717, 1.165) is 10.5 Å². The fourth-order valence-corrected chi connectivity index (χ4v) is 2.02. The number of imide groups is 1. The summed E-state index contributed by atoms with van der Waals surface area (Å²) in [6.07, 6.45) is -0.703. The van der Waals surface area contributed by atoms with Crippen LogP contribution < -0.4 is 0 Å². The monoisotopic (exact) mass is 295 g/mol. The van der Waals surface area contributed by atoms with E-state index >= 15 is 0 Å². The van der Waals surface area contributed by atoms with Crippen molar-refractivity contribution in [1.29, 1.82) is 0 Å². The van der Waals surface area contributed by atoms with E-state index in [9.17, 15) is 9.59 Å². The van der Waals surface area contributed by atoms with E-state index in [1.165, 1.54) is 7.11 Å². The van der Waals surface area contributed by atoms with Gasteiger partial charge in [0.15, 0.2) is 0 Å². The maximum Gasteiger partial charge on any atom is 0.416 e. The van der Waals surface area contributed by atoms with Gasteiger partial charge in [-0.15, -0.1) is 0 Å². The van der Waals surface area contributed by atoms with Crippen LogP contribution in [0.25, 0.3) is 5.57 Å². The van der Waals surface area contributed by atoms with Gasteiger partial charge in [-0.3, -0.25) is 4.79 Å². The second-order valence-corrected chi connectivity index (χ2v) is 4.69. The molecule has 0 heterocycles. The first-order valence-electron chi connectivity index (χ1n) is 6.81. The SMILES string of the molecule is C=C(C(=O)N(Cc1ccccc1)C(=O)OC)c1ccccc1. The number of amides is 2. The number of rotatable bonds is 4. The number of hydrogen-bond acceptors (Lipinski definition) is 3. The summed E-state index contributed by atoms with van der Waals surface area (Å²) in [7, 11) is 1.25. The standard InChI is InChI=1S/C18H17NO3/c1-14(16-11-7-4-8-12-16)17(20)19(18(21)22-2)13-15-9-5-3-6-10-15/h3-12H,1,13H2,2H3. The quantitative estimate of drug-likeness (QED) is 0.811. The van der Waals surface area contributed by atoms with Gasteiger partial charge in [-0.1, -0.05) is 67.2 Å². The fraction of sp³-hybridized carbons (Fsp3) is 0.111. The number of hydrogen-bond donors (Lipinski definition) is 0. The summed E-state index contributed by atoms with van der Waals surface area (Å²) in [4.78, 5) is 25.6. The molecule has 0 bridgehead atoms. The molecule has 0 N–H and O–H groups in total. The van der Waals surface area contributed by atoms with Gasteiger partial charge in [0, 0.05) is 5.57 Å². The fourth-order valence-electron chi connectivity index (χ4n) is 2.02. The minimum atomic E-state index is -0.703. The summed E-state index contributed by atoms with van der Waals surface area (Å²) in [5.41, 5.74) is 1.76. The number of carbonyl (C=O) groups excluding carboxylic acids is 2. The van der Waals surface area contributed by atoms with Crippen molar-refractivity contribution < 1.29 is 14.3 Å². The van der Waals surface area contributed by atoms with Crippen molar-refractivity contribution in [3.63, 3.8) is 0 Å². The van der Waals surface area contributed by atoms with Gasteiger partial charge in [-0.25, -0.2) is 9.69 Å². The number of nitrogens with zero attached hydrogens (tertiary/aromatic N) is 1. The molecule has 0 atom stereocenters. The molecule has 2 aromatic carbocycles. The molecule has 0 aliphatic rings. The van der Waals surface area contributed by atoms with Gasteiger partial charge in [0.25, 0.3) is 5.91 Å². The summed E-state index contributed by atoms with van der Waals surface area (Å²) in [6.45, 7) is 3.94. The second kappa shape index (κ2) is 7.22. The molecule has 0 saturated heterocycles. The van der Waals surface area contributed by atoms with Crippen LogP contribution in [0.2, 0.25) is 0 Å². The van der Waals surface area contributed by atoms with Crippen molar-refractivity contribution in [1.82, 2.24) is 4.90 Å². The van der Waals surface area contributed by atoms with E-state index in [-0.39, 0.29) is 12.1 Å². The normalized spacial score (nSPS) is 9.86. The average Bonchev–Trinajstić information content (AvgIpc) is 2.59. The smallest absolute Gasteiger partial charge is 0.416 e. The van der Waals surface area contributed by atoms with Crippen LogP contribution in [0.4, 0.5) is 4.79 Å². The maximum absolute atomic E-state index is 12.6. The van der Waals surface area contributed by atoms with E-state index in [0.29, 0.717) is 5.56 Å². The average molecular weight is 295 g/mol. The Morgan fingerprint density at radius 3 is 2.09 bits per heavy atom. The van der Waals surface area contributed by atoms with Gasteiger partial charge in [0.2, 0.25) is 0 Å². The lowest BCUT2D eigenvalue weighted by molar-refractivity contribution is -0.123. The Morgan fingerprint density at radius 1 is 1.00 bits per heavy atom. The van der Waals surface area contributed by atoms with Gasteiger partial charge < -0.3 is 4.74 Å². The predicted octanol–water partition coefficient (Wildman–Crippen LogP) is 3.50. The molecule has 0 fully saturated rings. The van der Waals surface area contributed by atoms with Crippen molar-refractivity contribution in [2.24, 2.45) is 0 Å². The van der Waals surface area contributed by atoms with Crippen LogP contribution in [0.3, 0.4) is 0 Å². The Hall–Kier alpha value is -2.88. The first-order valence-corrected chi connectivity index (χ1v) is 6.81. The zero-order chi connectivity index (χ0) is 15.9. The highest BCUT2D eigenvalue weighted by molar-refractivity contribution is 6.22. The molecule has 112 valence electrons. The Bertz CT molecular complexity index is 665. The summed E-state index contributed by atoms with van der Waals surface area (Å²) in [5.74, 6) is -0.470. The van der Waals surface area contributed by atoms with E-state index in [1.807, 2.05) is 48.5 Å². The van der Waals surface area contributed by atoms with E-state index in [4.69, 9.17) is 4.74 Å². The van der Waals surface area contributed by atoms with Crippen molar-refractivity contribution in [3.05, 3.63) is 78.4 Å². The Labute approximate surface area is 129 Å². The Balaban J connectivity index is 2.23. The number of benzene rings is 2. The third-order valence-electron chi connectivity index (χ3n) is 3.20. The lowest BCUT2D eigenvalue weighted by atomic mass is 10.1. The molecule has 0 unspecified atom stereocenters. The van der Waals surface area contributed by atoms with Gasteiger partial charge in [-0.2, -0.15) is 0 Å². The molecule has 22 heavy (non-hydrogen) atoms. The predicted molar refractivity (Wildman–Crippen MR) is 84.9 cm³/mol. The van der Waals surface area contributed by atoms with Crippen molar-refractivity contribution >= 4 is 17.6 Å². The third-order valence-corrected chi connectivity index (χ3v) is 3.20. The Kier molecular flexibility index (Phi) is 5.09. The minimum absolute atomic E-state index is 0.137. The summed E-state index contributed by atoms with van der Waals surface area (Å²) in [5, 5.41) is 0. The molecule has 0 aliphatic heterocycles. The number of methoxy groups -OCH3 is 1. The molecule has 2 aromatic rings. The lowest BCUT2D eigenvalue weighted by Crippen LogP contribution is -2.36. The Morgan fingerprint density at radius 2 is 1.55 bits per heavy atom. The van der Waals surface area contributed by atoms with Gasteiger partial charge in [0.1, 0.15) is 0 Å². The highest BCUT2D eigenvalue weighted by Gasteiger charge is 2.25. The molecule has 0 saturated carbocycles. The second-order valence-electron chi connectivity index (χ2n) is 4.69. The summed E-state index contributed by atoms with van der Waals surface area (Å²) < 4.78 is 4.72. The van der Waals surface area contributed by atoms with Gasteiger partial charge >= 0.3 is 6.09 Å². The molecule has 4 heteroatoms. The van der Waals surface area contributed by atoms with Gasteiger partial charge in [-0.05, 0) is 11.1 Å². The third kappa shape index (κ3) is 3.61. The van der Waals surface area contributed by atoms with Crippen LogP contribution in [0.5, 0.6) is 0 Å². The molecule has 0 aliphatic carbocycles. The molecule has 0 spiro atoms. The number of ether oxygens (including phenoxy) is 1. The van der Waals surface area contributed by atoms with Crippen LogP contribution in [0.15, 0.2) is 67.2 Å². The van der Waals surface area contributed by atoms with Crippen molar-refractivity contribution in [2.75, 3.05) is 7.11 Å². The van der Waals surface area contributed by atoms with Crippen molar-refractivity contribution in [2.45, 2.75) is 6.54 Å². The molecule has 4 nitrogen and oxygen atoms in total. The lowest BCUT2D eigenvalue weighted by Gasteiger charge is -2.20. The van der Waals surface area contributed by atoms with E-state index in [1.54, 1.807) is 12.1 Å². The molecule has 2 amide bonds. The summed E-state index contributed by atoms with van der Waals surface area (Å²) in [6, 6.07) is 18.3. The highest BCUT2D eigenvalue weighted by atomic mass is 16.5. The molecule has 2 rings (SSSR count). The first kappa shape index (κ1) is 15.5. The highest BCUT2D eigenvalue weighted by Crippen LogP contribution is 2.17. The van der Waals surface area contributed by atoms with Crippen molar-refractivity contribution in [3.8, 4) is 0 Å². The zero-order valence-electron chi connectivity index (χ0n) is 12.4. The van der Waals surface area contributed by atoms with Gasteiger partial charge in [0.05, 0.1) is 13.7 Å². The van der Waals surface area contributed by atoms with E-state index in [2.05, 4.69) is 6.58 Å². The first-order chi connectivity index (χ1) is 10.6. The topological polar surface area (TPSA) is 46.6 Å². The van der Waals surface area contributed by atoms with Crippen LogP contribution in [-0.2, 0) is 16.1 Å². The molecule has 0 aromatic heterocycles. The number of carbonyl (C=O) groups is 2. The van der Waals surface area contributed by atoms with Crippen LogP contribution in [-0.4, -0.2) is 24.0 Å². The zero-order valence-corrected chi connectivity index (χ0v) is 12.4. The van der Waals surface area contributed by atoms with Crippen LogP contribution >= 0.6 is 0 Å². The van der Waals surface area contributed by atoms with Crippen LogP contribution in [0, 0.1) is 0 Å². The largest absolute Gasteiger partial charge is 0.452 e. The van der Waals surface area contributed by atoms with Crippen LogP contribution in [0.1, 0.15) is 11.1 Å². The minimum Gasteiger partial charge on any atom is -0.452 e. The molecule has 0 radical (unpaired) electrons. The molecular weight excluding hydrogens is 278 g/mol. The maximum atomic E-state index is 12.6.